The Balaban J connectivity index is 1.31. The number of H-pyrrole nitrogens is 1. The Morgan fingerprint density at radius 1 is 1.26 bits per heavy atom. The maximum atomic E-state index is 13.4. The molecule has 2 heterocycles. The van der Waals surface area contributed by atoms with Crippen molar-refractivity contribution in [1.82, 2.24) is 15.6 Å². The van der Waals surface area contributed by atoms with Gasteiger partial charge in [0, 0.05) is 35.7 Å². The molecule has 8 heteroatoms. The van der Waals surface area contributed by atoms with Crippen LogP contribution in [0, 0.1) is 40.9 Å². The number of Topliss-reactive ketones (excluding diaryl/α,β-unsaturated/α-hetero) is 1. The van der Waals surface area contributed by atoms with Crippen LogP contribution in [-0.4, -0.2) is 42.3 Å². The van der Waals surface area contributed by atoms with Crippen LogP contribution >= 0.6 is 0 Å². The molecule has 0 bridgehead atoms. The predicted molar refractivity (Wildman–Crippen MR) is 125 cm³/mol. The van der Waals surface area contributed by atoms with Gasteiger partial charge in [-0.25, -0.2) is 0 Å². The number of amides is 2. The molecule has 0 spiro atoms. The van der Waals surface area contributed by atoms with Gasteiger partial charge in [-0.15, -0.1) is 0 Å². The average molecular weight is 463 g/mol. The molecule has 3 fully saturated rings. The van der Waals surface area contributed by atoms with E-state index in [9.17, 15) is 19.6 Å². The molecule has 2 amide bonds. The fraction of sp³-hybridized carbons (Fsp3) is 0.538. The summed E-state index contributed by atoms with van der Waals surface area (Å²) in [6.45, 7) is 0.604. The fourth-order valence-electron chi connectivity index (χ4n) is 5.91. The summed E-state index contributed by atoms with van der Waals surface area (Å²) in [6, 6.07) is 8.78. The van der Waals surface area contributed by atoms with Gasteiger partial charge in [-0.3, -0.25) is 14.4 Å². The maximum Gasteiger partial charge on any atom is 0.224 e. The molecule has 1 saturated heterocycles. The number of hydrogen-bond donors (Lipinski definition) is 3. The van der Waals surface area contributed by atoms with Gasteiger partial charge in [-0.2, -0.15) is 5.26 Å². The predicted octanol–water partition coefficient (Wildman–Crippen LogP) is 2.95. The van der Waals surface area contributed by atoms with Gasteiger partial charge >= 0.3 is 0 Å². The third-order valence-electron chi connectivity index (χ3n) is 7.89. The van der Waals surface area contributed by atoms with Crippen LogP contribution in [-0.2, 0) is 9.59 Å². The molecule has 8 nitrogen and oxygen atoms in total. The van der Waals surface area contributed by atoms with E-state index in [1.807, 2.05) is 18.2 Å². The molecule has 5 rings (SSSR count). The third kappa shape index (κ3) is 4.39. The quantitative estimate of drug-likeness (QED) is 0.494. The Kier molecular flexibility index (Phi) is 6.03. The van der Waals surface area contributed by atoms with Gasteiger partial charge in [-0.1, -0.05) is 6.07 Å². The van der Waals surface area contributed by atoms with E-state index in [4.69, 9.17) is 4.74 Å². The lowest BCUT2D eigenvalue weighted by molar-refractivity contribution is -0.128. The first kappa shape index (κ1) is 22.5. The molecule has 2 aromatic rings. The van der Waals surface area contributed by atoms with Gasteiger partial charge in [0.05, 0.1) is 18.9 Å². The Hall–Kier alpha value is -3.34. The van der Waals surface area contributed by atoms with Crippen LogP contribution in [0.4, 0.5) is 0 Å². The number of carbonyl (C=O) groups excluding carboxylic acids is 3. The third-order valence-corrected chi connectivity index (χ3v) is 7.89. The number of aromatic amines is 1. The molecule has 178 valence electrons. The smallest absolute Gasteiger partial charge is 0.224 e. The van der Waals surface area contributed by atoms with Crippen LogP contribution in [0.15, 0.2) is 24.3 Å². The summed E-state index contributed by atoms with van der Waals surface area (Å²) in [4.78, 5) is 41.8. The first-order valence-electron chi connectivity index (χ1n) is 12.1. The highest BCUT2D eigenvalue weighted by Gasteiger charge is 2.49. The largest absolute Gasteiger partial charge is 0.496 e. The summed E-state index contributed by atoms with van der Waals surface area (Å²) >= 11 is 0. The molecule has 34 heavy (non-hydrogen) atoms. The molecule has 1 aliphatic heterocycles. The highest BCUT2D eigenvalue weighted by molar-refractivity contribution is 6.02. The summed E-state index contributed by atoms with van der Waals surface area (Å²) in [5.74, 6) is 0.981. The van der Waals surface area contributed by atoms with E-state index < -0.39 is 12.0 Å². The number of ether oxygens (including phenoxy) is 1. The van der Waals surface area contributed by atoms with E-state index in [-0.39, 0.29) is 35.9 Å². The molecular formula is C26H30N4O4. The number of methoxy groups -OCH3 is 1. The number of nitrogens with zero attached hydrogens (tertiary/aromatic N) is 1. The SMILES string of the molecule is COc1cccc2[nH]c(C(=O)C[C@H](C(=O)N[C@H](C#N)C[C@@H]3CCNC3=O)C3CC4CC4C3)cc12. The van der Waals surface area contributed by atoms with E-state index in [2.05, 4.69) is 21.7 Å². The number of ketones is 1. The lowest BCUT2D eigenvalue weighted by Gasteiger charge is -2.25. The lowest BCUT2D eigenvalue weighted by atomic mass is 9.83. The first-order chi connectivity index (χ1) is 16.5. The number of aromatic nitrogens is 1. The Labute approximate surface area is 198 Å². The van der Waals surface area contributed by atoms with Crippen molar-refractivity contribution in [3.8, 4) is 11.8 Å². The zero-order valence-corrected chi connectivity index (χ0v) is 19.3. The number of benzene rings is 1. The number of nitrogens with one attached hydrogen (secondary N) is 3. The molecule has 1 aromatic carbocycles. The van der Waals surface area contributed by atoms with Crippen molar-refractivity contribution in [2.75, 3.05) is 13.7 Å². The molecule has 1 aromatic heterocycles. The summed E-state index contributed by atoms with van der Waals surface area (Å²) in [7, 11) is 1.59. The molecule has 3 aliphatic rings. The number of nitriles is 1. The Morgan fingerprint density at radius 2 is 2.06 bits per heavy atom. The minimum absolute atomic E-state index is 0.0636. The van der Waals surface area contributed by atoms with Crippen LogP contribution in [0.2, 0.25) is 0 Å². The first-order valence-corrected chi connectivity index (χ1v) is 12.1. The van der Waals surface area contributed by atoms with Crippen molar-refractivity contribution < 1.29 is 19.1 Å². The normalized spacial score (nSPS) is 26.9. The van der Waals surface area contributed by atoms with Crippen LogP contribution in [0.25, 0.3) is 10.9 Å². The summed E-state index contributed by atoms with van der Waals surface area (Å²) in [6.07, 6.45) is 4.19. The van der Waals surface area contributed by atoms with Gasteiger partial charge in [0.25, 0.3) is 0 Å². The second-order valence-corrected chi connectivity index (χ2v) is 10.0. The van der Waals surface area contributed by atoms with Crippen LogP contribution in [0.3, 0.4) is 0 Å². The van der Waals surface area contributed by atoms with E-state index >= 15 is 0 Å². The van der Waals surface area contributed by atoms with Gasteiger partial charge in [0.15, 0.2) is 5.78 Å². The molecule has 2 unspecified atom stereocenters. The number of rotatable bonds is 9. The summed E-state index contributed by atoms with van der Waals surface area (Å²) < 4.78 is 5.40. The number of hydrogen-bond acceptors (Lipinski definition) is 5. The molecule has 3 N–H and O–H groups in total. The van der Waals surface area contributed by atoms with Gasteiger partial charge in [0.2, 0.25) is 11.8 Å². The van der Waals surface area contributed by atoms with E-state index in [0.29, 0.717) is 42.7 Å². The molecule has 2 saturated carbocycles. The number of fused-ring (bicyclic) bond motifs is 2. The van der Waals surface area contributed by atoms with Gasteiger partial charge in [-0.05, 0) is 68.1 Å². The monoisotopic (exact) mass is 462 g/mol. The van der Waals surface area contributed by atoms with Gasteiger partial charge < -0.3 is 20.4 Å². The zero-order chi connectivity index (χ0) is 23.8. The number of carbonyl (C=O) groups is 3. The van der Waals surface area contributed by atoms with Crippen LogP contribution in [0.1, 0.15) is 49.0 Å². The van der Waals surface area contributed by atoms with Crippen molar-refractivity contribution in [2.45, 2.75) is 44.6 Å². The summed E-state index contributed by atoms with van der Waals surface area (Å²) in [5.41, 5.74) is 1.27. The average Bonchev–Trinajstić information content (AvgIpc) is 3.18. The van der Waals surface area contributed by atoms with Crippen molar-refractivity contribution in [1.29, 1.82) is 5.26 Å². The van der Waals surface area contributed by atoms with Crippen molar-refractivity contribution in [2.24, 2.45) is 29.6 Å². The van der Waals surface area contributed by atoms with Crippen molar-refractivity contribution in [3.05, 3.63) is 30.0 Å². The Bertz CT molecular complexity index is 1160. The maximum absolute atomic E-state index is 13.4. The summed E-state index contributed by atoms with van der Waals surface area (Å²) in [5, 5.41) is 16.1. The Morgan fingerprint density at radius 3 is 2.74 bits per heavy atom. The molecule has 0 radical (unpaired) electrons. The van der Waals surface area contributed by atoms with Crippen LogP contribution in [0.5, 0.6) is 5.75 Å². The second kappa shape index (κ2) is 9.13. The molecular weight excluding hydrogens is 432 g/mol. The van der Waals surface area contributed by atoms with Crippen molar-refractivity contribution >= 4 is 28.5 Å². The van der Waals surface area contributed by atoms with E-state index in [1.54, 1.807) is 13.2 Å². The minimum Gasteiger partial charge on any atom is -0.496 e. The van der Waals surface area contributed by atoms with Crippen LogP contribution < -0.4 is 15.4 Å². The second-order valence-electron chi connectivity index (χ2n) is 10.0. The molecule has 2 aliphatic carbocycles. The minimum atomic E-state index is -0.743. The van der Waals surface area contributed by atoms with E-state index in [0.717, 1.165) is 23.7 Å². The van der Waals surface area contributed by atoms with Crippen molar-refractivity contribution in [3.63, 3.8) is 0 Å². The topological polar surface area (TPSA) is 124 Å². The highest BCUT2D eigenvalue weighted by Crippen LogP contribution is 2.56. The standard InChI is InChI=1S/C26H30N4O4/c1-34-24-4-2-3-21-20(24)11-22(30-21)23(31)12-19(17-8-15-7-16(15)9-17)26(33)29-18(13-27)10-14-5-6-28-25(14)32/h2-4,11,14-19,30H,5-10,12H2,1H3,(H,28,32)(H,29,33)/t14-,15?,16?,17?,18-,19-/m0/s1. The zero-order valence-electron chi connectivity index (χ0n) is 19.3. The fourth-order valence-corrected chi connectivity index (χ4v) is 5.91. The van der Waals surface area contributed by atoms with E-state index in [1.165, 1.54) is 6.42 Å². The highest BCUT2D eigenvalue weighted by atomic mass is 16.5. The molecule has 5 atom stereocenters. The van der Waals surface area contributed by atoms with Gasteiger partial charge in [0.1, 0.15) is 11.8 Å². The lowest BCUT2D eigenvalue weighted by Crippen LogP contribution is -2.42.